The van der Waals surface area contributed by atoms with Gasteiger partial charge in [0.05, 0.1) is 0 Å². The van der Waals surface area contributed by atoms with Gasteiger partial charge in [-0.05, 0) is 0 Å². The maximum absolute atomic E-state index is 11.5. The van der Waals surface area contributed by atoms with Crippen LogP contribution in [-0.4, -0.2) is 32.2 Å². The fraction of sp³-hybridized carbons (Fsp3) is 1.00. The molecule has 17 heavy (non-hydrogen) atoms. The maximum atomic E-state index is 11.5. The highest BCUT2D eigenvalue weighted by molar-refractivity contribution is 7.52. The molecular formula is C7H13F6O3P. The van der Waals surface area contributed by atoms with Gasteiger partial charge in [-0.1, -0.05) is 13.8 Å². The number of hydrogen-bond donors (Lipinski definition) is 0. The van der Waals surface area contributed by atoms with E-state index in [0.29, 0.717) is 6.66 Å². The third kappa shape index (κ3) is 15.7. The van der Waals surface area contributed by atoms with Crippen molar-refractivity contribution in [1.29, 1.82) is 0 Å². The van der Waals surface area contributed by atoms with Gasteiger partial charge in [0.2, 0.25) is 0 Å². The van der Waals surface area contributed by atoms with E-state index < -0.39 is 33.2 Å². The van der Waals surface area contributed by atoms with Crippen molar-refractivity contribution >= 4 is 7.60 Å². The molecule has 0 atom stereocenters. The zero-order valence-electron chi connectivity index (χ0n) is 9.35. The van der Waals surface area contributed by atoms with Crippen molar-refractivity contribution in [3.8, 4) is 0 Å². The van der Waals surface area contributed by atoms with E-state index in [4.69, 9.17) is 0 Å². The van der Waals surface area contributed by atoms with Crippen molar-refractivity contribution in [2.75, 3.05) is 19.9 Å². The molecule has 0 N–H and O–H groups in total. The summed E-state index contributed by atoms with van der Waals surface area (Å²) in [5.41, 5.74) is 0. The van der Waals surface area contributed by atoms with Crippen LogP contribution in [0, 0.1) is 0 Å². The van der Waals surface area contributed by atoms with Crippen molar-refractivity contribution < 1.29 is 40.0 Å². The van der Waals surface area contributed by atoms with Gasteiger partial charge in [-0.25, -0.2) is 0 Å². The van der Waals surface area contributed by atoms with Crippen LogP contribution in [0.15, 0.2) is 0 Å². The van der Waals surface area contributed by atoms with Gasteiger partial charge in [0, 0.05) is 6.66 Å². The lowest BCUT2D eigenvalue weighted by Gasteiger charge is -2.16. The van der Waals surface area contributed by atoms with Crippen LogP contribution in [0.1, 0.15) is 13.8 Å². The van der Waals surface area contributed by atoms with Crippen LogP contribution >= 0.6 is 7.60 Å². The molecule has 0 aliphatic heterocycles. The van der Waals surface area contributed by atoms with Crippen LogP contribution < -0.4 is 0 Å². The van der Waals surface area contributed by atoms with E-state index in [1.54, 1.807) is 0 Å². The zero-order chi connectivity index (χ0) is 14.3. The van der Waals surface area contributed by atoms with Crippen molar-refractivity contribution in [2.24, 2.45) is 0 Å². The second-order valence-electron chi connectivity index (χ2n) is 2.55. The van der Waals surface area contributed by atoms with Gasteiger partial charge in [0.15, 0.2) is 13.2 Å². The van der Waals surface area contributed by atoms with Crippen molar-refractivity contribution in [3.05, 3.63) is 0 Å². The quantitative estimate of drug-likeness (QED) is 0.580. The molecule has 0 saturated carbocycles. The molecule has 0 amide bonds. The molecule has 0 aliphatic carbocycles. The van der Waals surface area contributed by atoms with Gasteiger partial charge in [0.25, 0.3) is 0 Å². The molecule has 0 unspecified atom stereocenters. The minimum Gasteiger partial charge on any atom is -0.299 e. The Bertz CT molecular complexity index is 227. The number of rotatable bonds is 4. The minimum absolute atomic E-state index is 0.532. The Balaban J connectivity index is 0. The molecule has 10 heteroatoms. The monoisotopic (exact) mass is 290 g/mol. The molecule has 0 saturated heterocycles. The van der Waals surface area contributed by atoms with E-state index in [-0.39, 0.29) is 0 Å². The first kappa shape index (κ1) is 19.1. The SMILES string of the molecule is CC.CP(=O)(OCC(F)(F)F)OCC(F)(F)F. The molecule has 0 aromatic heterocycles. The van der Waals surface area contributed by atoms with Crippen molar-refractivity contribution in [1.82, 2.24) is 0 Å². The lowest BCUT2D eigenvalue weighted by atomic mass is 10.7. The zero-order valence-corrected chi connectivity index (χ0v) is 10.2. The summed E-state index contributed by atoms with van der Waals surface area (Å²) in [7, 11) is -4.33. The third-order valence-electron chi connectivity index (χ3n) is 0.925. The molecule has 0 heterocycles. The second-order valence-corrected chi connectivity index (χ2v) is 4.61. The third-order valence-corrected chi connectivity index (χ3v) is 2.12. The van der Waals surface area contributed by atoms with Crippen molar-refractivity contribution in [2.45, 2.75) is 26.2 Å². The van der Waals surface area contributed by atoms with E-state index in [1.165, 1.54) is 0 Å². The smallest absolute Gasteiger partial charge is 0.299 e. The first-order valence-electron chi connectivity index (χ1n) is 4.41. The molecule has 0 aromatic carbocycles. The molecule has 0 aliphatic rings. The van der Waals surface area contributed by atoms with Crippen LogP contribution in [-0.2, 0) is 13.6 Å². The van der Waals surface area contributed by atoms with E-state index in [9.17, 15) is 30.9 Å². The van der Waals surface area contributed by atoms with Crippen LogP contribution in [0.3, 0.4) is 0 Å². The second kappa shape index (κ2) is 7.23. The van der Waals surface area contributed by atoms with Gasteiger partial charge < -0.3 is 0 Å². The Kier molecular flexibility index (Phi) is 8.11. The van der Waals surface area contributed by atoms with E-state index >= 15 is 0 Å². The Morgan fingerprint density at radius 1 is 0.882 bits per heavy atom. The van der Waals surface area contributed by atoms with Crippen molar-refractivity contribution in [3.63, 3.8) is 0 Å². The number of hydrogen-bond acceptors (Lipinski definition) is 3. The lowest BCUT2D eigenvalue weighted by molar-refractivity contribution is -0.165. The molecule has 106 valence electrons. The Morgan fingerprint density at radius 3 is 1.29 bits per heavy atom. The Labute approximate surface area is 94.6 Å². The maximum Gasteiger partial charge on any atom is 0.412 e. The average molecular weight is 290 g/mol. The fourth-order valence-corrected chi connectivity index (χ4v) is 1.25. The molecule has 0 spiro atoms. The summed E-state index contributed by atoms with van der Waals surface area (Å²) in [5.74, 6) is 0. The fourth-order valence-electron chi connectivity index (χ4n) is 0.418. The molecular weight excluding hydrogens is 277 g/mol. The van der Waals surface area contributed by atoms with E-state index in [1.807, 2.05) is 13.8 Å². The standard InChI is InChI=1S/C5H7F6O3P.C2H6/c1-15(12,13-2-4(6,7)8)14-3-5(9,10)11;1-2/h2-3H2,1H3;1-2H3. The van der Waals surface area contributed by atoms with E-state index in [2.05, 4.69) is 9.05 Å². The summed E-state index contributed by atoms with van der Waals surface area (Å²) >= 11 is 0. The Morgan fingerprint density at radius 2 is 1.12 bits per heavy atom. The molecule has 0 bridgehead atoms. The summed E-state index contributed by atoms with van der Waals surface area (Å²) < 4.78 is 87.5. The topological polar surface area (TPSA) is 35.5 Å². The summed E-state index contributed by atoms with van der Waals surface area (Å²) in [6, 6.07) is 0. The number of halogens is 6. The average Bonchev–Trinajstić information content (AvgIpc) is 2.14. The molecule has 0 radical (unpaired) electrons. The van der Waals surface area contributed by atoms with Gasteiger partial charge in [0.1, 0.15) is 0 Å². The molecule has 0 rings (SSSR count). The van der Waals surface area contributed by atoms with Gasteiger partial charge in [-0.3, -0.25) is 13.6 Å². The molecule has 3 nitrogen and oxygen atoms in total. The largest absolute Gasteiger partial charge is 0.412 e. The first-order valence-corrected chi connectivity index (χ1v) is 6.40. The summed E-state index contributed by atoms with van der Waals surface area (Å²) in [5, 5.41) is 0. The number of alkyl halides is 6. The highest BCUT2D eigenvalue weighted by Crippen LogP contribution is 2.46. The van der Waals surface area contributed by atoms with Crippen LogP contribution in [0.5, 0.6) is 0 Å². The predicted octanol–water partition coefficient (Wildman–Crippen LogP) is 3.99. The van der Waals surface area contributed by atoms with E-state index in [0.717, 1.165) is 0 Å². The van der Waals surface area contributed by atoms with Gasteiger partial charge >= 0.3 is 19.9 Å². The van der Waals surface area contributed by atoms with Gasteiger partial charge in [-0.15, -0.1) is 0 Å². The van der Waals surface area contributed by atoms with Crippen LogP contribution in [0.2, 0.25) is 0 Å². The highest BCUT2D eigenvalue weighted by atomic mass is 31.2. The van der Waals surface area contributed by atoms with Crippen LogP contribution in [0.25, 0.3) is 0 Å². The predicted molar refractivity (Wildman–Crippen MR) is 48.9 cm³/mol. The first-order chi connectivity index (χ1) is 7.41. The molecule has 0 aromatic rings. The van der Waals surface area contributed by atoms with Crippen LogP contribution in [0.4, 0.5) is 26.3 Å². The van der Waals surface area contributed by atoms with Gasteiger partial charge in [-0.2, -0.15) is 26.3 Å². The summed E-state index contributed by atoms with van der Waals surface area (Å²) in [6.45, 7) is 0.696. The lowest BCUT2D eigenvalue weighted by Crippen LogP contribution is -2.19. The Hall–Kier alpha value is -0.270. The summed E-state index contributed by atoms with van der Waals surface area (Å²) in [6.07, 6.45) is -9.54. The summed E-state index contributed by atoms with van der Waals surface area (Å²) in [4.78, 5) is 0. The highest BCUT2D eigenvalue weighted by Gasteiger charge is 2.35. The minimum atomic E-state index is -4.77. The normalized spacial score (nSPS) is 13.0. The molecule has 0 fully saturated rings.